The van der Waals surface area contributed by atoms with Gasteiger partial charge >= 0.3 is 0 Å². The van der Waals surface area contributed by atoms with Crippen LogP contribution in [-0.4, -0.2) is 41.8 Å². The maximum Gasteiger partial charge on any atom is 0.0608 e. The molecule has 0 amide bonds. The first-order valence-corrected chi connectivity index (χ1v) is 6.53. The summed E-state index contributed by atoms with van der Waals surface area (Å²) in [7, 11) is 0. The summed E-state index contributed by atoms with van der Waals surface area (Å²) in [5.41, 5.74) is 5.49. The largest absolute Gasteiger partial charge is 0.394 e. The SMILES string of the molecule is CCN(CCCCC(C)(N)CO)CC(C)C. The molecule has 0 aromatic heterocycles. The Morgan fingerprint density at radius 3 is 2.38 bits per heavy atom. The predicted molar refractivity (Wildman–Crippen MR) is 70.5 cm³/mol. The van der Waals surface area contributed by atoms with E-state index in [0.29, 0.717) is 0 Å². The van der Waals surface area contributed by atoms with Crippen LogP contribution >= 0.6 is 0 Å². The van der Waals surface area contributed by atoms with Crippen LogP contribution < -0.4 is 5.73 Å². The van der Waals surface area contributed by atoms with E-state index in [1.165, 1.54) is 13.0 Å². The number of aliphatic hydroxyl groups excluding tert-OH is 1. The van der Waals surface area contributed by atoms with Crippen molar-refractivity contribution >= 4 is 0 Å². The Kier molecular flexibility index (Phi) is 7.98. The highest BCUT2D eigenvalue weighted by atomic mass is 16.3. The van der Waals surface area contributed by atoms with Crippen molar-refractivity contribution in [1.29, 1.82) is 0 Å². The summed E-state index contributed by atoms with van der Waals surface area (Å²) in [5.74, 6) is 0.733. The van der Waals surface area contributed by atoms with Gasteiger partial charge in [0.1, 0.15) is 0 Å². The Labute approximate surface area is 101 Å². The van der Waals surface area contributed by atoms with Gasteiger partial charge in [-0.15, -0.1) is 0 Å². The van der Waals surface area contributed by atoms with E-state index in [9.17, 15) is 0 Å². The third-order valence-electron chi connectivity index (χ3n) is 2.90. The molecule has 3 N–H and O–H groups in total. The molecule has 0 saturated heterocycles. The topological polar surface area (TPSA) is 49.5 Å². The highest BCUT2D eigenvalue weighted by Gasteiger charge is 2.16. The summed E-state index contributed by atoms with van der Waals surface area (Å²) < 4.78 is 0. The van der Waals surface area contributed by atoms with Gasteiger partial charge in [0.05, 0.1) is 6.61 Å². The fourth-order valence-electron chi connectivity index (χ4n) is 1.84. The summed E-state index contributed by atoms with van der Waals surface area (Å²) in [4.78, 5) is 2.48. The summed E-state index contributed by atoms with van der Waals surface area (Å²) in [6.45, 7) is 12.2. The Balaban J connectivity index is 3.63. The smallest absolute Gasteiger partial charge is 0.0608 e. The lowest BCUT2D eigenvalue weighted by Crippen LogP contribution is -2.40. The van der Waals surface area contributed by atoms with E-state index in [2.05, 4.69) is 25.7 Å². The minimum absolute atomic E-state index is 0.0798. The van der Waals surface area contributed by atoms with Crippen molar-refractivity contribution in [2.45, 2.75) is 52.5 Å². The molecule has 0 aromatic carbocycles. The second-order valence-electron chi connectivity index (χ2n) is 5.56. The Morgan fingerprint density at radius 1 is 1.31 bits per heavy atom. The number of unbranched alkanes of at least 4 members (excludes halogenated alkanes) is 1. The van der Waals surface area contributed by atoms with E-state index < -0.39 is 5.54 Å². The van der Waals surface area contributed by atoms with Crippen molar-refractivity contribution in [2.24, 2.45) is 11.7 Å². The quantitative estimate of drug-likeness (QED) is 0.594. The zero-order chi connectivity index (χ0) is 12.6. The van der Waals surface area contributed by atoms with Gasteiger partial charge < -0.3 is 15.7 Å². The van der Waals surface area contributed by atoms with Crippen LogP contribution in [0.5, 0.6) is 0 Å². The minimum atomic E-state index is -0.394. The molecule has 0 heterocycles. The van der Waals surface area contributed by atoms with Crippen LogP contribution in [0.25, 0.3) is 0 Å². The van der Waals surface area contributed by atoms with E-state index in [4.69, 9.17) is 10.8 Å². The van der Waals surface area contributed by atoms with Gasteiger partial charge in [-0.3, -0.25) is 0 Å². The van der Waals surface area contributed by atoms with Gasteiger partial charge in [0.2, 0.25) is 0 Å². The van der Waals surface area contributed by atoms with Crippen LogP contribution in [0.3, 0.4) is 0 Å². The standard InChI is InChI=1S/C13H30N2O/c1-5-15(10-12(2)3)9-7-6-8-13(4,14)11-16/h12,16H,5-11,14H2,1-4H3. The maximum atomic E-state index is 9.03. The molecule has 0 radical (unpaired) electrons. The van der Waals surface area contributed by atoms with Crippen molar-refractivity contribution in [2.75, 3.05) is 26.2 Å². The molecule has 0 aliphatic heterocycles. The van der Waals surface area contributed by atoms with Crippen LogP contribution in [0.2, 0.25) is 0 Å². The number of nitrogens with two attached hydrogens (primary N) is 1. The highest BCUT2D eigenvalue weighted by Crippen LogP contribution is 2.10. The number of hydrogen-bond acceptors (Lipinski definition) is 3. The fraction of sp³-hybridized carbons (Fsp3) is 1.00. The second-order valence-corrected chi connectivity index (χ2v) is 5.56. The van der Waals surface area contributed by atoms with Crippen LogP contribution in [0, 0.1) is 5.92 Å². The summed E-state index contributed by atoms with van der Waals surface area (Å²) in [5, 5.41) is 9.03. The zero-order valence-electron chi connectivity index (χ0n) is 11.5. The average molecular weight is 230 g/mol. The van der Waals surface area contributed by atoms with Crippen LogP contribution in [0.1, 0.15) is 47.0 Å². The van der Waals surface area contributed by atoms with E-state index in [0.717, 1.165) is 31.8 Å². The highest BCUT2D eigenvalue weighted by molar-refractivity contribution is 4.76. The summed E-state index contributed by atoms with van der Waals surface area (Å²) >= 11 is 0. The summed E-state index contributed by atoms with van der Waals surface area (Å²) in [6.07, 6.45) is 3.18. The van der Waals surface area contributed by atoms with E-state index in [-0.39, 0.29) is 6.61 Å². The Morgan fingerprint density at radius 2 is 1.94 bits per heavy atom. The van der Waals surface area contributed by atoms with Gasteiger partial charge in [-0.25, -0.2) is 0 Å². The van der Waals surface area contributed by atoms with Gasteiger partial charge in [-0.2, -0.15) is 0 Å². The summed E-state index contributed by atoms with van der Waals surface area (Å²) in [6, 6.07) is 0. The molecule has 0 spiro atoms. The number of nitrogens with zero attached hydrogens (tertiary/aromatic N) is 1. The zero-order valence-corrected chi connectivity index (χ0v) is 11.5. The van der Waals surface area contributed by atoms with Crippen LogP contribution in [-0.2, 0) is 0 Å². The van der Waals surface area contributed by atoms with Gasteiger partial charge in [0.25, 0.3) is 0 Å². The van der Waals surface area contributed by atoms with Crippen molar-refractivity contribution in [3.05, 3.63) is 0 Å². The number of aliphatic hydroxyl groups is 1. The van der Waals surface area contributed by atoms with Crippen molar-refractivity contribution < 1.29 is 5.11 Å². The molecule has 0 fully saturated rings. The molecule has 0 saturated carbocycles. The molecular formula is C13H30N2O. The van der Waals surface area contributed by atoms with E-state index in [1.54, 1.807) is 0 Å². The van der Waals surface area contributed by atoms with Crippen LogP contribution in [0.4, 0.5) is 0 Å². The van der Waals surface area contributed by atoms with Gasteiger partial charge in [-0.05, 0) is 38.8 Å². The fourth-order valence-corrected chi connectivity index (χ4v) is 1.84. The normalized spacial score (nSPS) is 15.8. The molecule has 0 bridgehead atoms. The molecular weight excluding hydrogens is 200 g/mol. The van der Waals surface area contributed by atoms with Crippen molar-refractivity contribution in [3.63, 3.8) is 0 Å². The average Bonchev–Trinajstić information content (AvgIpc) is 2.22. The maximum absolute atomic E-state index is 9.03. The lowest BCUT2D eigenvalue weighted by molar-refractivity contribution is 0.192. The van der Waals surface area contributed by atoms with E-state index >= 15 is 0 Å². The second kappa shape index (κ2) is 8.04. The molecule has 98 valence electrons. The molecule has 3 heteroatoms. The number of rotatable bonds is 9. The molecule has 0 aromatic rings. The first-order valence-electron chi connectivity index (χ1n) is 6.53. The molecule has 1 unspecified atom stereocenters. The molecule has 0 aliphatic carbocycles. The molecule has 16 heavy (non-hydrogen) atoms. The van der Waals surface area contributed by atoms with Gasteiger partial charge in [-0.1, -0.05) is 27.2 Å². The third-order valence-corrected chi connectivity index (χ3v) is 2.90. The first kappa shape index (κ1) is 15.9. The van der Waals surface area contributed by atoms with Crippen molar-refractivity contribution in [3.8, 4) is 0 Å². The van der Waals surface area contributed by atoms with Crippen molar-refractivity contribution in [1.82, 2.24) is 4.90 Å². The molecule has 3 nitrogen and oxygen atoms in total. The lowest BCUT2D eigenvalue weighted by Gasteiger charge is -2.24. The molecule has 0 rings (SSSR count). The molecule has 1 atom stereocenters. The Bertz CT molecular complexity index is 169. The monoisotopic (exact) mass is 230 g/mol. The van der Waals surface area contributed by atoms with Crippen LogP contribution in [0.15, 0.2) is 0 Å². The Hall–Kier alpha value is -0.120. The predicted octanol–water partition coefficient (Wildman–Crippen LogP) is 1.84. The first-order chi connectivity index (χ1) is 7.41. The third kappa shape index (κ3) is 8.08. The molecule has 0 aliphatic rings. The number of hydrogen-bond donors (Lipinski definition) is 2. The van der Waals surface area contributed by atoms with E-state index in [1.807, 2.05) is 6.92 Å². The van der Waals surface area contributed by atoms with Gasteiger partial charge in [0.15, 0.2) is 0 Å². The van der Waals surface area contributed by atoms with Gasteiger partial charge in [0, 0.05) is 12.1 Å². The minimum Gasteiger partial charge on any atom is -0.394 e. The lowest BCUT2D eigenvalue weighted by atomic mass is 9.97.